The number of pyridine rings is 1. The molecule has 0 spiro atoms. The molecule has 0 saturated carbocycles. The van der Waals surface area contributed by atoms with Crippen molar-refractivity contribution in [2.24, 2.45) is 11.8 Å². The van der Waals surface area contributed by atoms with Gasteiger partial charge in [0.25, 0.3) is 5.56 Å². The fraction of sp³-hybridized carbons (Fsp3) is 0.500. The molecular weight excluding hydrogens is 342 g/mol. The lowest BCUT2D eigenvalue weighted by molar-refractivity contribution is -0.119. The third-order valence-electron chi connectivity index (χ3n) is 5.60. The van der Waals surface area contributed by atoms with Crippen LogP contribution in [0.4, 0.5) is 0 Å². The van der Waals surface area contributed by atoms with E-state index >= 15 is 0 Å². The number of carbonyl (C=O) groups is 1. The van der Waals surface area contributed by atoms with Gasteiger partial charge in [0.1, 0.15) is 0 Å². The summed E-state index contributed by atoms with van der Waals surface area (Å²) < 4.78 is 1.73. The summed E-state index contributed by atoms with van der Waals surface area (Å²) >= 11 is 0. The Hall–Kier alpha value is -2.54. The molecule has 7 heteroatoms. The van der Waals surface area contributed by atoms with Crippen molar-refractivity contribution in [3.8, 4) is 11.3 Å². The highest BCUT2D eigenvalue weighted by Crippen LogP contribution is 2.21. The second-order valence-electron chi connectivity index (χ2n) is 7.62. The number of piperidine rings is 1. The number of aromatic nitrogens is 3. The fourth-order valence-electron chi connectivity index (χ4n) is 4.03. The Kier molecular flexibility index (Phi) is 5.29. The normalized spacial score (nSPS) is 21.3. The first-order valence-corrected chi connectivity index (χ1v) is 9.63. The molecule has 1 amide bonds. The SMILES string of the molecule is O=C1CC(CN2CCC(Cn3cnc(-c4ccncc4)cc3=O)CC2)CN1. The Labute approximate surface area is 158 Å². The molecule has 2 aromatic rings. The van der Waals surface area contributed by atoms with Crippen LogP contribution in [0.2, 0.25) is 0 Å². The highest BCUT2D eigenvalue weighted by Gasteiger charge is 2.26. The molecule has 2 aromatic heterocycles. The van der Waals surface area contributed by atoms with E-state index in [9.17, 15) is 9.59 Å². The summed E-state index contributed by atoms with van der Waals surface area (Å²) in [6, 6.07) is 5.32. The lowest BCUT2D eigenvalue weighted by Crippen LogP contribution is -2.39. The third-order valence-corrected chi connectivity index (χ3v) is 5.60. The van der Waals surface area contributed by atoms with Gasteiger partial charge < -0.3 is 10.2 Å². The number of carbonyl (C=O) groups excluding carboxylic acids is 1. The van der Waals surface area contributed by atoms with Crippen LogP contribution in [0.1, 0.15) is 19.3 Å². The van der Waals surface area contributed by atoms with Crippen LogP contribution in [-0.2, 0) is 11.3 Å². The van der Waals surface area contributed by atoms with E-state index in [4.69, 9.17) is 0 Å². The number of nitrogens with zero attached hydrogens (tertiary/aromatic N) is 4. The standard InChI is InChI=1S/C20H25N5O2/c26-19-9-16(11-22-19)12-24-7-3-15(4-8-24)13-25-14-23-18(10-20(25)27)17-1-5-21-6-2-17/h1-2,5-6,10,14-16H,3-4,7-9,11-13H2,(H,22,26). The van der Waals surface area contributed by atoms with Gasteiger partial charge in [-0.25, -0.2) is 4.98 Å². The molecule has 2 aliphatic heterocycles. The molecule has 1 unspecified atom stereocenters. The molecule has 7 nitrogen and oxygen atoms in total. The van der Waals surface area contributed by atoms with Crippen molar-refractivity contribution >= 4 is 5.91 Å². The summed E-state index contributed by atoms with van der Waals surface area (Å²) in [4.78, 5) is 34.7. The van der Waals surface area contributed by atoms with Crippen molar-refractivity contribution in [1.29, 1.82) is 0 Å². The number of nitrogens with one attached hydrogen (secondary N) is 1. The quantitative estimate of drug-likeness (QED) is 0.858. The minimum Gasteiger partial charge on any atom is -0.356 e. The number of hydrogen-bond donors (Lipinski definition) is 1. The Morgan fingerprint density at radius 3 is 2.52 bits per heavy atom. The van der Waals surface area contributed by atoms with Gasteiger partial charge in [0, 0.05) is 50.1 Å². The summed E-state index contributed by atoms with van der Waals surface area (Å²) in [7, 11) is 0. The smallest absolute Gasteiger partial charge is 0.253 e. The predicted molar refractivity (Wildman–Crippen MR) is 102 cm³/mol. The number of amides is 1. The van der Waals surface area contributed by atoms with Gasteiger partial charge in [-0.3, -0.25) is 19.1 Å². The van der Waals surface area contributed by atoms with Crippen molar-refractivity contribution in [1.82, 2.24) is 24.8 Å². The van der Waals surface area contributed by atoms with E-state index in [-0.39, 0.29) is 11.5 Å². The van der Waals surface area contributed by atoms with E-state index < -0.39 is 0 Å². The Morgan fingerprint density at radius 1 is 1.07 bits per heavy atom. The first kappa shape index (κ1) is 17.9. The first-order chi connectivity index (χ1) is 13.2. The van der Waals surface area contributed by atoms with E-state index in [1.54, 1.807) is 29.4 Å². The molecule has 1 atom stereocenters. The maximum absolute atomic E-state index is 12.5. The van der Waals surface area contributed by atoms with Gasteiger partial charge >= 0.3 is 0 Å². The predicted octanol–water partition coefficient (Wildman–Crippen LogP) is 1.15. The third kappa shape index (κ3) is 4.42. The molecule has 2 saturated heterocycles. The number of hydrogen-bond acceptors (Lipinski definition) is 5. The maximum atomic E-state index is 12.5. The van der Waals surface area contributed by atoms with Gasteiger partial charge in [-0.15, -0.1) is 0 Å². The second-order valence-corrected chi connectivity index (χ2v) is 7.62. The number of likely N-dealkylation sites (tertiary alicyclic amines) is 1. The molecule has 0 radical (unpaired) electrons. The van der Waals surface area contributed by atoms with E-state index in [1.165, 1.54) is 0 Å². The summed E-state index contributed by atoms with van der Waals surface area (Å²) in [6.45, 7) is 4.59. The van der Waals surface area contributed by atoms with Crippen LogP contribution in [0.5, 0.6) is 0 Å². The Bertz CT molecular complexity index is 843. The fourth-order valence-corrected chi connectivity index (χ4v) is 4.03. The van der Waals surface area contributed by atoms with E-state index in [1.807, 2.05) is 12.1 Å². The zero-order valence-electron chi connectivity index (χ0n) is 15.4. The largest absolute Gasteiger partial charge is 0.356 e. The first-order valence-electron chi connectivity index (χ1n) is 9.63. The van der Waals surface area contributed by atoms with E-state index in [2.05, 4.69) is 20.2 Å². The van der Waals surface area contributed by atoms with Crippen molar-refractivity contribution in [3.05, 3.63) is 47.3 Å². The van der Waals surface area contributed by atoms with Crippen LogP contribution in [0, 0.1) is 11.8 Å². The van der Waals surface area contributed by atoms with Gasteiger partial charge in [-0.2, -0.15) is 0 Å². The molecule has 0 aromatic carbocycles. The topological polar surface area (TPSA) is 80.1 Å². The van der Waals surface area contributed by atoms with Crippen LogP contribution in [0.15, 0.2) is 41.7 Å². The van der Waals surface area contributed by atoms with Crippen molar-refractivity contribution in [2.75, 3.05) is 26.2 Å². The average Bonchev–Trinajstić information content (AvgIpc) is 3.10. The molecule has 142 valence electrons. The van der Waals surface area contributed by atoms with Gasteiger partial charge in [0.05, 0.1) is 12.0 Å². The minimum atomic E-state index is -0.00483. The van der Waals surface area contributed by atoms with E-state index in [0.717, 1.165) is 51.1 Å². The highest BCUT2D eigenvalue weighted by atomic mass is 16.2. The highest BCUT2D eigenvalue weighted by molar-refractivity contribution is 5.78. The molecule has 2 fully saturated rings. The van der Waals surface area contributed by atoms with Crippen LogP contribution >= 0.6 is 0 Å². The number of rotatable bonds is 5. The zero-order valence-corrected chi connectivity index (χ0v) is 15.4. The van der Waals surface area contributed by atoms with Crippen LogP contribution in [-0.4, -0.2) is 51.5 Å². The zero-order chi connectivity index (χ0) is 18.6. The molecular formula is C20H25N5O2. The van der Waals surface area contributed by atoms with Gasteiger partial charge in [0.2, 0.25) is 5.91 Å². The van der Waals surface area contributed by atoms with Crippen LogP contribution in [0.25, 0.3) is 11.3 Å². The molecule has 4 rings (SSSR count). The maximum Gasteiger partial charge on any atom is 0.253 e. The molecule has 1 N–H and O–H groups in total. The van der Waals surface area contributed by atoms with Crippen molar-refractivity contribution < 1.29 is 4.79 Å². The van der Waals surface area contributed by atoms with Crippen molar-refractivity contribution in [2.45, 2.75) is 25.8 Å². The summed E-state index contributed by atoms with van der Waals surface area (Å²) in [5.41, 5.74) is 1.59. The summed E-state index contributed by atoms with van der Waals surface area (Å²) in [5, 5.41) is 2.91. The Morgan fingerprint density at radius 2 is 1.85 bits per heavy atom. The molecule has 27 heavy (non-hydrogen) atoms. The van der Waals surface area contributed by atoms with Crippen LogP contribution < -0.4 is 10.9 Å². The lowest BCUT2D eigenvalue weighted by Gasteiger charge is -2.33. The van der Waals surface area contributed by atoms with Gasteiger partial charge in [-0.1, -0.05) is 0 Å². The molecule has 0 bridgehead atoms. The monoisotopic (exact) mass is 367 g/mol. The molecule has 4 heterocycles. The second kappa shape index (κ2) is 8.00. The van der Waals surface area contributed by atoms with Gasteiger partial charge in [-0.05, 0) is 49.9 Å². The average molecular weight is 367 g/mol. The van der Waals surface area contributed by atoms with Crippen LogP contribution in [0.3, 0.4) is 0 Å². The summed E-state index contributed by atoms with van der Waals surface area (Å²) in [6.07, 6.45) is 7.88. The lowest BCUT2D eigenvalue weighted by atomic mass is 9.95. The molecule has 2 aliphatic rings. The summed E-state index contributed by atoms with van der Waals surface area (Å²) in [5.74, 6) is 1.12. The van der Waals surface area contributed by atoms with Gasteiger partial charge in [0.15, 0.2) is 0 Å². The minimum absolute atomic E-state index is 0.00483. The van der Waals surface area contributed by atoms with E-state index in [0.29, 0.717) is 24.0 Å². The Balaban J connectivity index is 1.31. The van der Waals surface area contributed by atoms with Crippen molar-refractivity contribution in [3.63, 3.8) is 0 Å². The molecule has 0 aliphatic carbocycles.